The highest BCUT2D eigenvalue weighted by Crippen LogP contribution is 2.23. The van der Waals surface area contributed by atoms with Gasteiger partial charge in [-0.2, -0.15) is 5.10 Å². The highest BCUT2D eigenvalue weighted by Gasteiger charge is 2.03. The van der Waals surface area contributed by atoms with Gasteiger partial charge in [0.25, 0.3) is 5.19 Å². The lowest BCUT2D eigenvalue weighted by molar-refractivity contribution is -0.122. The Morgan fingerprint density at radius 3 is 2.82 bits per heavy atom. The molecule has 0 saturated heterocycles. The van der Waals surface area contributed by atoms with Crippen LogP contribution in [0.1, 0.15) is 5.56 Å². The lowest BCUT2D eigenvalue weighted by Gasteiger charge is -2.07. The van der Waals surface area contributed by atoms with Crippen LogP contribution >= 0.6 is 11.3 Å². The molecule has 1 N–H and O–H groups in total. The molecule has 2 heterocycles. The first kappa shape index (κ1) is 14.3. The Hall–Kier alpha value is -2.67. The fourth-order valence-corrected chi connectivity index (χ4v) is 2.34. The number of amides is 1. The van der Waals surface area contributed by atoms with Crippen LogP contribution in [0.2, 0.25) is 0 Å². The van der Waals surface area contributed by atoms with Gasteiger partial charge < -0.3 is 10.1 Å². The Morgan fingerprint density at radius 1 is 1.27 bits per heavy atom. The van der Waals surface area contributed by atoms with E-state index in [-0.39, 0.29) is 12.5 Å². The maximum atomic E-state index is 11.8. The number of nitrogens with one attached hydrogen (secondary N) is 1. The normalized spacial score (nSPS) is 10.4. The van der Waals surface area contributed by atoms with Crippen molar-refractivity contribution in [1.29, 1.82) is 0 Å². The molecule has 0 atom stereocenters. The molecule has 0 radical (unpaired) electrons. The molecule has 0 spiro atoms. The molecule has 3 aromatic rings. The maximum absolute atomic E-state index is 11.8. The summed E-state index contributed by atoms with van der Waals surface area (Å²) in [5, 5.41) is 9.32. The van der Waals surface area contributed by atoms with Crippen molar-refractivity contribution in [3.8, 4) is 10.9 Å². The van der Waals surface area contributed by atoms with E-state index in [9.17, 15) is 4.79 Å². The van der Waals surface area contributed by atoms with E-state index in [0.29, 0.717) is 11.7 Å². The van der Waals surface area contributed by atoms with E-state index in [2.05, 4.69) is 15.4 Å². The average Bonchev–Trinajstić information content (AvgIpc) is 3.20. The molecular formula is C15H14N4O2S. The number of hydrogen-bond donors (Lipinski definition) is 1. The van der Waals surface area contributed by atoms with Crippen molar-refractivity contribution in [2.24, 2.45) is 0 Å². The minimum atomic E-state index is -0.0770. The van der Waals surface area contributed by atoms with Crippen molar-refractivity contribution in [3.63, 3.8) is 0 Å². The number of rotatable bonds is 6. The number of ether oxygens (including phenoxy) is 1. The predicted molar refractivity (Wildman–Crippen MR) is 82.7 cm³/mol. The number of nitrogens with zero attached hydrogens (tertiary/aromatic N) is 3. The number of carbonyl (C=O) groups is 1. The Morgan fingerprint density at radius 2 is 2.14 bits per heavy atom. The highest BCUT2D eigenvalue weighted by atomic mass is 32.1. The van der Waals surface area contributed by atoms with Crippen LogP contribution in [0.3, 0.4) is 0 Å². The second kappa shape index (κ2) is 6.86. The van der Waals surface area contributed by atoms with Gasteiger partial charge >= 0.3 is 0 Å². The number of hydrogen-bond acceptors (Lipinski definition) is 5. The van der Waals surface area contributed by atoms with E-state index < -0.39 is 0 Å². The number of thiazole rings is 1. The first-order valence-corrected chi connectivity index (χ1v) is 7.58. The number of carbonyl (C=O) groups excluding carboxylic acids is 1. The van der Waals surface area contributed by atoms with Crippen molar-refractivity contribution in [2.45, 2.75) is 13.1 Å². The van der Waals surface area contributed by atoms with Crippen LogP contribution < -0.4 is 10.1 Å². The van der Waals surface area contributed by atoms with Gasteiger partial charge in [0.1, 0.15) is 12.3 Å². The van der Waals surface area contributed by atoms with E-state index in [4.69, 9.17) is 4.74 Å². The molecule has 1 aromatic carbocycles. The number of benzene rings is 1. The van der Waals surface area contributed by atoms with Gasteiger partial charge in [0.2, 0.25) is 5.91 Å². The second-order valence-corrected chi connectivity index (χ2v) is 5.38. The van der Waals surface area contributed by atoms with E-state index in [0.717, 1.165) is 11.3 Å². The van der Waals surface area contributed by atoms with Gasteiger partial charge in [-0.25, -0.2) is 4.98 Å². The van der Waals surface area contributed by atoms with Gasteiger partial charge in [-0.3, -0.25) is 9.48 Å². The van der Waals surface area contributed by atoms with Crippen molar-refractivity contribution in [3.05, 3.63) is 59.9 Å². The first-order valence-electron chi connectivity index (χ1n) is 6.70. The standard InChI is InChI=1S/C15H14N4O2S/c20-14(11-19-8-1-6-18-19)17-10-12-2-4-13(5-3-12)21-15-16-7-9-22-15/h1-9H,10-11H2,(H,17,20). The molecule has 6 nitrogen and oxygen atoms in total. The summed E-state index contributed by atoms with van der Waals surface area (Å²) in [6.45, 7) is 0.690. The molecule has 3 rings (SSSR count). The molecule has 22 heavy (non-hydrogen) atoms. The van der Waals surface area contributed by atoms with Crippen molar-refractivity contribution in [2.75, 3.05) is 0 Å². The topological polar surface area (TPSA) is 69.0 Å². The summed E-state index contributed by atoms with van der Waals surface area (Å²) in [7, 11) is 0. The maximum Gasteiger partial charge on any atom is 0.278 e. The molecule has 0 aliphatic heterocycles. The van der Waals surface area contributed by atoms with Gasteiger partial charge in [0.15, 0.2) is 0 Å². The summed E-state index contributed by atoms with van der Waals surface area (Å²) in [6, 6.07) is 9.33. The van der Waals surface area contributed by atoms with Crippen LogP contribution in [0.5, 0.6) is 10.9 Å². The molecule has 0 aliphatic carbocycles. The van der Waals surface area contributed by atoms with Crippen molar-refractivity contribution < 1.29 is 9.53 Å². The molecule has 0 saturated carbocycles. The van der Waals surface area contributed by atoms with Crippen LogP contribution in [0.15, 0.2) is 54.3 Å². The monoisotopic (exact) mass is 314 g/mol. The minimum absolute atomic E-state index is 0.0770. The van der Waals surface area contributed by atoms with Crippen LogP contribution in [-0.2, 0) is 17.9 Å². The second-order valence-electron chi connectivity index (χ2n) is 4.52. The largest absolute Gasteiger partial charge is 0.431 e. The van der Waals surface area contributed by atoms with Gasteiger partial charge in [-0.15, -0.1) is 0 Å². The zero-order valence-corrected chi connectivity index (χ0v) is 12.5. The lowest BCUT2D eigenvalue weighted by Crippen LogP contribution is -2.27. The quantitative estimate of drug-likeness (QED) is 0.759. The first-order chi connectivity index (χ1) is 10.8. The fourth-order valence-electron chi connectivity index (χ4n) is 1.83. The summed E-state index contributed by atoms with van der Waals surface area (Å²) >= 11 is 1.44. The van der Waals surface area contributed by atoms with Crippen LogP contribution in [0.4, 0.5) is 0 Å². The summed E-state index contributed by atoms with van der Waals surface area (Å²) in [5.41, 5.74) is 1.00. The molecular weight excluding hydrogens is 300 g/mol. The predicted octanol–water partition coefficient (Wildman–Crippen LogP) is 2.45. The summed E-state index contributed by atoms with van der Waals surface area (Å²) in [5.74, 6) is 0.647. The Bertz CT molecular complexity index is 709. The fraction of sp³-hybridized carbons (Fsp3) is 0.133. The smallest absolute Gasteiger partial charge is 0.278 e. The molecule has 1 amide bonds. The van der Waals surface area contributed by atoms with Gasteiger partial charge in [-0.05, 0) is 23.8 Å². The lowest BCUT2D eigenvalue weighted by atomic mass is 10.2. The minimum Gasteiger partial charge on any atom is -0.431 e. The van der Waals surface area contributed by atoms with Gasteiger partial charge in [-0.1, -0.05) is 23.5 Å². The van der Waals surface area contributed by atoms with Gasteiger partial charge in [0.05, 0.1) is 0 Å². The third-order valence-electron chi connectivity index (χ3n) is 2.89. The van der Waals surface area contributed by atoms with E-state index in [1.54, 1.807) is 29.3 Å². The number of aromatic nitrogens is 3. The van der Waals surface area contributed by atoms with E-state index >= 15 is 0 Å². The molecule has 0 fully saturated rings. The SMILES string of the molecule is O=C(Cn1cccn1)NCc1ccc(Oc2nccs2)cc1. The van der Waals surface area contributed by atoms with Crippen molar-refractivity contribution >= 4 is 17.2 Å². The Balaban J connectivity index is 1.49. The van der Waals surface area contributed by atoms with Crippen molar-refractivity contribution in [1.82, 2.24) is 20.1 Å². The van der Waals surface area contributed by atoms with Crippen LogP contribution in [0.25, 0.3) is 0 Å². The zero-order chi connectivity index (χ0) is 15.2. The Kier molecular flexibility index (Phi) is 4.45. The summed E-state index contributed by atoms with van der Waals surface area (Å²) in [4.78, 5) is 15.8. The summed E-state index contributed by atoms with van der Waals surface area (Å²) < 4.78 is 7.16. The molecule has 0 bridgehead atoms. The van der Waals surface area contributed by atoms with Crippen LogP contribution in [-0.4, -0.2) is 20.7 Å². The van der Waals surface area contributed by atoms with Crippen LogP contribution in [0, 0.1) is 0 Å². The Labute approximate surface area is 131 Å². The summed E-state index contributed by atoms with van der Waals surface area (Å²) in [6.07, 6.45) is 5.10. The van der Waals surface area contributed by atoms with E-state index in [1.165, 1.54) is 11.3 Å². The third kappa shape index (κ3) is 3.92. The average molecular weight is 314 g/mol. The van der Waals surface area contributed by atoms with E-state index in [1.807, 2.05) is 29.6 Å². The molecule has 112 valence electrons. The zero-order valence-electron chi connectivity index (χ0n) is 11.7. The molecule has 0 unspecified atom stereocenters. The highest BCUT2D eigenvalue weighted by molar-refractivity contribution is 7.11. The molecule has 7 heteroatoms. The molecule has 0 aliphatic rings. The third-order valence-corrected chi connectivity index (χ3v) is 3.54. The molecule has 2 aromatic heterocycles. The van der Waals surface area contributed by atoms with Gasteiger partial charge in [0, 0.05) is 30.5 Å².